The van der Waals surface area contributed by atoms with Crippen LogP contribution in [0.4, 0.5) is 5.69 Å². The molecule has 0 radical (unpaired) electrons. The van der Waals surface area contributed by atoms with Crippen molar-refractivity contribution in [3.8, 4) is 0 Å². The lowest BCUT2D eigenvalue weighted by molar-refractivity contribution is -0.186. The number of nitrogens with one attached hydrogen (secondary N) is 2. The Morgan fingerprint density at radius 1 is 1.17 bits per heavy atom. The topological polar surface area (TPSA) is 167 Å². The van der Waals surface area contributed by atoms with E-state index >= 15 is 0 Å². The summed E-state index contributed by atoms with van der Waals surface area (Å²) in [6.45, 7) is 7.17. The van der Waals surface area contributed by atoms with Crippen LogP contribution >= 0.6 is 0 Å². The second-order valence-electron chi connectivity index (χ2n) is 14.0. The third kappa shape index (κ3) is 5.80. The van der Waals surface area contributed by atoms with Gasteiger partial charge in [0, 0.05) is 48.5 Å². The quantitative estimate of drug-likeness (QED) is 0.160. The summed E-state index contributed by atoms with van der Waals surface area (Å²) in [6, 6.07) is 10.5. The molecule has 6 rings (SSSR count). The number of hydrogen-bond acceptors (Lipinski definition) is 10. The molecule has 0 spiro atoms. The number of carbonyl (C=O) groups excluding carboxylic acids is 3. The Balaban J connectivity index is 1.21. The molecule has 13 atom stereocenters. The number of fused-ring (bicyclic) bond motifs is 6. The molecule has 0 bridgehead atoms. The van der Waals surface area contributed by atoms with Gasteiger partial charge in [-0.05, 0) is 43.7 Å². The molecule has 4 aliphatic rings. The molecule has 3 aliphatic carbocycles. The summed E-state index contributed by atoms with van der Waals surface area (Å²) in [4.78, 5) is 41.9. The van der Waals surface area contributed by atoms with Crippen LogP contribution in [0, 0.1) is 41.4 Å². The fraction of sp³-hybridized carbons (Fsp3) is 0.541. The molecule has 1 aromatic carbocycles. The maximum Gasteiger partial charge on any atom is 0.355 e. The van der Waals surface area contributed by atoms with Crippen LogP contribution in [0.2, 0.25) is 0 Å². The monoisotopic (exact) mass is 662 g/mol. The molecular formula is C37H46N2O9. The number of cyclic esters (lactones) is 1. The third-order valence-corrected chi connectivity index (χ3v) is 11.3. The molecular weight excluding hydrogens is 616 g/mol. The van der Waals surface area contributed by atoms with Gasteiger partial charge in [-0.1, -0.05) is 62.4 Å². The molecule has 11 heteroatoms. The van der Waals surface area contributed by atoms with Gasteiger partial charge in [-0.15, -0.1) is 0 Å². The highest BCUT2D eigenvalue weighted by molar-refractivity contribution is 5.99. The maximum atomic E-state index is 13.4. The maximum absolute atomic E-state index is 13.4. The Labute approximate surface area is 280 Å². The number of allylic oxidation sites excluding steroid dienone is 1. The fourth-order valence-corrected chi connectivity index (χ4v) is 8.82. The number of carbonyl (C=O) groups is 3. The molecule has 2 heterocycles. The Bertz CT molecular complexity index is 1580. The van der Waals surface area contributed by atoms with Crippen LogP contribution in [0.3, 0.4) is 0 Å². The number of H-pyrrole nitrogens is 1. The molecule has 11 nitrogen and oxygen atoms in total. The zero-order valence-electron chi connectivity index (χ0n) is 27.9. The predicted octanol–water partition coefficient (Wildman–Crippen LogP) is 3.53. The van der Waals surface area contributed by atoms with E-state index in [2.05, 4.69) is 10.3 Å². The number of hydrogen-bond donors (Lipinski definition) is 5. The van der Waals surface area contributed by atoms with Gasteiger partial charge in [-0.3, -0.25) is 4.79 Å². The lowest BCUT2D eigenvalue weighted by Gasteiger charge is -2.61. The van der Waals surface area contributed by atoms with Crippen molar-refractivity contribution in [1.82, 2.24) is 4.98 Å². The summed E-state index contributed by atoms with van der Waals surface area (Å²) in [7, 11) is 1.42. The van der Waals surface area contributed by atoms with E-state index in [1.165, 1.54) is 7.11 Å². The van der Waals surface area contributed by atoms with Crippen molar-refractivity contribution in [2.24, 2.45) is 41.4 Å². The minimum atomic E-state index is -1.43. The number of aromatic amines is 1. The molecule has 258 valence electrons. The molecule has 0 saturated heterocycles. The summed E-state index contributed by atoms with van der Waals surface area (Å²) >= 11 is 0. The minimum absolute atomic E-state index is 0.0594. The van der Waals surface area contributed by atoms with Crippen LogP contribution in [-0.4, -0.2) is 87.8 Å². The van der Waals surface area contributed by atoms with Crippen molar-refractivity contribution in [3.63, 3.8) is 0 Å². The van der Waals surface area contributed by atoms with Gasteiger partial charge in [0.25, 0.3) is 0 Å². The van der Waals surface area contributed by atoms with E-state index in [-0.39, 0.29) is 42.2 Å². The molecule has 2 fully saturated rings. The number of ketones is 1. The Morgan fingerprint density at radius 3 is 2.58 bits per heavy atom. The third-order valence-electron chi connectivity index (χ3n) is 11.3. The second-order valence-corrected chi connectivity index (χ2v) is 14.0. The van der Waals surface area contributed by atoms with Crippen molar-refractivity contribution in [2.75, 3.05) is 19.0 Å². The molecule has 2 saturated carbocycles. The van der Waals surface area contributed by atoms with Gasteiger partial charge < -0.3 is 39.8 Å². The number of aliphatic hydroxyl groups excluding tert-OH is 2. The summed E-state index contributed by atoms with van der Waals surface area (Å²) in [5, 5.41) is 37.8. The number of anilines is 1. The van der Waals surface area contributed by atoms with E-state index in [4.69, 9.17) is 14.2 Å². The van der Waals surface area contributed by atoms with Gasteiger partial charge in [-0.25, -0.2) is 9.59 Å². The van der Waals surface area contributed by atoms with Crippen molar-refractivity contribution in [3.05, 3.63) is 77.7 Å². The molecule has 2 aromatic rings. The lowest BCUT2D eigenvalue weighted by Crippen LogP contribution is -2.65. The van der Waals surface area contributed by atoms with Gasteiger partial charge in [0.15, 0.2) is 11.9 Å². The first kappa shape index (κ1) is 34.1. The van der Waals surface area contributed by atoms with E-state index in [9.17, 15) is 29.7 Å². The molecule has 48 heavy (non-hydrogen) atoms. The van der Waals surface area contributed by atoms with Crippen molar-refractivity contribution < 1.29 is 43.9 Å². The number of esters is 2. The zero-order chi connectivity index (χ0) is 34.5. The van der Waals surface area contributed by atoms with Crippen LogP contribution in [0.15, 0.2) is 66.4 Å². The SMILES string of the molecule is CO[C@H]1C[C@H]2C=CC3C(C4[C@H]3[C@H](OC(=O)c3cc(NCC(=O)c5ccccc5)c[nH]3)[C@H](C)[C@H]4O)[C@]2(O)/C(C)=C/[C@@H](C)[C@@H]([C@@H](C)O)OC1=O. The number of benzene rings is 1. The van der Waals surface area contributed by atoms with E-state index in [1.54, 1.807) is 43.5 Å². The van der Waals surface area contributed by atoms with Crippen molar-refractivity contribution in [2.45, 2.75) is 70.2 Å². The van der Waals surface area contributed by atoms with Gasteiger partial charge >= 0.3 is 11.9 Å². The summed E-state index contributed by atoms with van der Waals surface area (Å²) in [5.41, 5.74) is 0.621. The zero-order valence-corrected chi connectivity index (χ0v) is 27.9. The highest BCUT2D eigenvalue weighted by Crippen LogP contribution is 2.66. The van der Waals surface area contributed by atoms with Crippen LogP contribution in [0.5, 0.6) is 0 Å². The highest BCUT2D eigenvalue weighted by atomic mass is 16.6. The summed E-state index contributed by atoms with van der Waals surface area (Å²) in [5.74, 6) is -3.76. The number of methoxy groups -OCH3 is 1. The average molecular weight is 663 g/mol. The largest absolute Gasteiger partial charge is 0.457 e. The number of aromatic nitrogens is 1. The molecule has 1 aliphatic heterocycles. The number of rotatable bonds is 8. The Hall–Kier alpha value is -3.77. The van der Waals surface area contributed by atoms with Crippen LogP contribution in [0.1, 0.15) is 55.0 Å². The van der Waals surface area contributed by atoms with Gasteiger partial charge in [0.1, 0.15) is 17.9 Å². The molecule has 5 N–H and O–H groups in total. The van der Waals surface area contributed by atoms with E-state index in [1.807, 2.05) is 45.1 Å². The summed E-state index contributed by atoms with van der Waals surface area (Å²) in [6.07, 6.45) is 3.37. The first-order valence-electron chi connectivity index (χ1n) is 16.8. The fourth-order valence-electron chi connectivity index (χ4n) is 8.82. The minimum Gasteiger partial charge on any atom is -0.457 e. The van der Waals surface area contributed by atoms with Crippen molar-refractivity contribution >= 4 is 23.4 Å². The van der Waals surface area contributed by atoms with Crippen LogP contribution < -0.4 is 5.32 Å². The molecule has 0 amide bonds. The standard InChI is InChI=1S/C37H46N2O9/c1-18-13-19(2)37(45)23(14-28(46-5)36(44)47-33(18)21(4)40)11-12-25-29-30(31(25)37)32(42)20(3)34(29)48-35(43)26-15-24(16-39-26)38-17-27(41)22-9-7-6-8-10-22/h6-13,15-16,18,20-21,23,25,28-34,38-40,42,45H,14,17H2,1-5H3/b19-13+/t18-,20-,21-,23-,25?,28+,29+,30?,31?,32-,33+,34-,37+/m1/s1. The predicted molar refractivity (Wildman–Crippen MR) is 176 cm³/mol. The van der Waals surface area contributed by atoms with Crippen LogP contribution in [-0.2, 0) is 19.0 Å². The highest BCUT2D eigenvalue weighted by Gasteiger charge is 2.71. The number of ether oxygens (including phenoxy) is 3. The number of Topliss-reactive ketones (excluding diaryl/α,β-unsaturated/α-hetero) is 1. The van der Waals surface area contributed by atoms with E-state index < -0.39 is 71.7 Å². The van der Waals surface area contributed by atoms with Gasteiger partial charge in [0.2, 0.25) is 0 Å². The lowest BCUT2D eigenvalue weighted by atomic mass is 9.46. The second kappa shape index (κ2) is 13.3. The first-order chi connectivity index (χ1) is 22.9. The van der Waals surface area contributed by atoms with Crippen molar-refractivity contribution in [1.29, 1.82) is 0 Å². The Morgan fingerprint density at radius 2 is 1.90 bits per heavy atom. The van der Waals surface area contributed by atoms with Gasteiger partial charge in [-0.2, -0.15) is 0 Å². The average Bonchev–Trinajstić information content (AvgIpc) is 3.61. The first-order valence-corrected chi connectivity index (χ1v) is 16.8. The van der Waals surface area contributed by atoms with Gasteiger partial charge in [0.05, 0.1) is 30.0 Å². The van der Waals surface area contributed by atoms with Crippen LogP contribution in [0.25, 0.3) is 0 Å². The van der Waals surface area contributed by atoms with E-state index in [0.29, 0.717) is 16.8 Å². The molecule has 3 unspecified atom stereocenters. The Kier molecular flexibility index (Phi) is 9.43. The van der Waals surface area contributed by atoms with E-state index in [0.717, 1.165) is 0 Å². The smallest absolute Gasteiger partial charge is 0.355 e. The molecule has 1 aromatic heterocycles. The number of aliphatic hydroxyl groups is 3. The normalized spacial score (nSPS) is 39.0. The summed E-state index contributed by atoms with van der Waals surface area (Å²) < 4.78 is 17.3.